The summed E-state index contributed by atoms with van der Waals surface area (Å²) >= 11 is 0. The van der Waals surface area contributed by atoms with Crippen molar-refractivity contribution >= 4 is 5.82 Å². The van der Waals surface area contributed by atoms with E-state index in [1.165, 1.54) is 28.8 Å². The number of hydrogen-bond donors (Lipinski definition) is 3. The number of fused-ring (bicyclic) bond motifs is 1. The average Bonchev–Trinajstić information content (AvgIpc) is 3.19. The van der Waals surface area contributed by atoms with Crippen LogP contribution in [-0.2, 0) is 19.5 Å². The molecule has 0 saturated heterocycles. The topological polar surface area (TPSA) is 65.6 Å². The van der Waals surface area contributed by atoms with Gasteiger partial charge in [-0.05, 0) is 48.1 Å². The van der Waals surface area contributed by atoms with Gasteiger partial charge in [0.2, 0.25) is 0 Å². The van der Waals surface area contributed by atoms with Crippen LogP contribution >= 0.6 is 0 Å². The van der Waals surface area contributed by atoms with E-state index >= 15 is 0 Å². The molecule has 2 heterocycles. The average molecular weight is 333 g/mol. The lowest BCUT2D eigenvalue weighted by atomic mass is 9.92. The molecule has 2 aromatic heterocycles. The van der Waals surface area contributed by atoms with E-state index in [2.05, 4.69) is 56.1 Å². The van der Waals surface area contributed by atoms with E-state index in [0.29, 0.717) is 6.04 Å². The maximum absolute atomic E-state index is 4.60. The third kappa shape index (κ3) is 3.88. The summed E-state index contributed by atoms with van der Waals surface area (Å²) in [5.74, 6) is 0.939. The lowest BCUT2D eigenvalue weighted by molar-refractivity contribution is 0.447. The van der Waals surface area contributed by atoms with E-state index in [0.717, 1.165) is 31.7 Å². The molecule has 0 amide bonds. The van der Waals surface area contributed by atoms with Crippen LogP contribution in [0.3, 0.4) is 0 Å². The van der Waals surface area contributed by atoms with Crippen molar-refractivity contribution in [2.75, 3.05) is 5.32 Å². The second-order valence-electron chi connectivity index (χ2n) is 6.51. The van der Waals surface area contributed by atoms with Gasteiger partial charge >= 0.3 is 0 Å². The van der Waals surface area contributed by atoms with E-state index in [1.807, 2.05) is 18.3 Å². The van der Waals surface area contributed by atoms with Gasteiger partial charge in [0.05, 0.1) is 17.9 Å². The highest BCUT2D eigenvalue weighted by atomic mass is 15.2. The zero-order valence-electron chi connectivity index (χ0n) is 14.2. The molecule has 3 aromatic rings. The molecular formula is C20H23N5. The first-order valence-corrected chi connectivity index (χ1v) is 8.87. The maximum Gasteiger partial charge on any atom is 0.121 e. The monoisotopic (exact) mass is 333 g/mol. The number of nitrogens with one attached hydrogen (secondary N) is 3. The summed E-state index contributed by atoms with van der Waals surface area (Å²) in [6.45, 7) is 1.66. The van der Waals surface area contributed by atoms with Gasteiger partial charge < -0.3 is 10.6 Å². The molecular weight excluding hydrogens is 310 g/mol. The summed E-state index contributed by atoms with van der Waals surface area (Å²) in [6.07, 6.45) is 7.19. The minimum atomic E-state index is 0.367. The van der Waals surface area contributed by atoms with E-state index in [9.17, 15) is 0 Å². The first kappa shape index (κ1) is 15.8. The van der Waals surface area contributed by atoms with Gasteiger partial charge in [0, 0.05) is 19.3 Å². The molecule has 0 bridgehead atoms. The van der Waals surface area contributed by atoms with Crippen LogP contribution < -0.4 is 10.6 Å². The van der Waals surface area contributed by atoms with Gasteiger partial charge in [-0.3, -0.25) is 10.1 Å². The fourth-order valence-electron chi connectivity index (χ4n) is 3.38. The number of rotatable bonds is 6. The normalized spacial score (nSPS) is 16.4. The molecule has 5 nitrogen and oxygen atoms in total. The van der Waals surface area contributed by atoms with Crippen LogP contribution in [0.1, 0.15) is 41.3 Å². The van der Waals surface area contributed by atoms with E-state index in [1.54, 1.807) is 6.20 Å². The molecule has 1 aliphatic rings. The molecule has 25 heavy (non-hydrogen) atoms. The number of hydrogen-bond acceptors (Lipinski definition) is 4. The quantitative estimate of drug-likeness (QED) is 0.645. The smallest absolute Gasteiger partial charge is 0.121 e. The van der Waals surface area contributed by atoms with E-state index in [4.69, 9.17) is 0 Å². The molecule has 1 unspecified atom stereocenters. The number of anilines is 1. The summed E-state index contributed by atoms with van der Waals surface area (Å²) in [5, 5.41) is 13.8. The van der Waals surface area contributed by atoms with Crippen LogP contribution in [0.5, 0.6) is 0 Å². The maximum atomic E-state index is 4.60. The van der Waals surface area contributed by atoms with E-state index < -0.39 is 0 Å². The van der Waals surface area contributed by atoms with Crippen molar-refractivity contribution < 1.29 is 0 Å². The molecule has 0 radical (unpaired) electrons. The lowest BCUT2D eigenvalue weighted by Crippen LogP contribution is -2.25. The Hall–Kier alpha value is -2.66. The fourth-order valence-corrected chi connectivity index (χ4v) is 3.38. The SMILES string of the molecule is c1cnc2c(c1)CCCC2NCc1ccc(CNc2ccn[nH]2)cc1. The van der Waals surface area contributed by atoms with Gasteiger partial charge in [0.25, 0.3) is 0 Å². The zero-order valence-corrected chi connectivity index (χ0v) is 14.2. The first-order valence-electron chi connectivity index (χ1n) is 8.87. The third-order valence-electron chi connectivity index (χ3n) is 4.75. The Morgan fingerprint density at radius 1 is 1.00 bits per heavy atom. The molecule has 0 spiro atoms. The van der Waals surface area contributed by atoms with Crippen molar-refractivity contribution in [3.05, 3.63) is 77.2 Å². The molecule has 0 aliphatic heterocycles. The molecule has 0 fully saturated rings. The number of aromatic nitrogens is 3. The lowest BCUT2D eigenvalue weighted by Gasteiger charge is -2.25. The molecule has 1 aliphatic carbocycles. The van der Waals surface area contributed by atoms with Gasteiger partial charge in [-0.15, -0.1) is 0 Å². The van der Waals surface area contributed by atoms with E-state index in [-0.39, 0.29) is 0 Å². The van der Waals surface area contributed by atoms with Crippen LogP contribution in [0.4, 0.5) is 5.82 Å². The Bertz CT molecular complexity index is 795. The number of aromatic amines is 1. The van der Waals surface area contributed by atoms with Crippen molar-refractivity contribution in [1.82, 2.24) is 20.5 Å². The molecule has 0 saturated carbocycles. The Morgan fingerprint density at radius 3 is 2.64 bits per heavy atom. The predicted octanol–water partition coefficient (Wildman–Crippen LogP) is 3.58. The summed E-state index contributed by atoms with van der Waals surface area (Å²) in [7, 11) is 0. The van der Waals surface area contributed by atoms with Gasteiger partial charge in [0.15, 0.2) is 0 Å². The van der Waals surface area contributed by atoms with Crippen LogP contribution in [0.15, 0.2) is 54.9 Å². The Morgan fingerprint density at radius 2 is 1.84 bits per heavy atom. The van der Waals surface area contributed by atoms with Crippen molar-refractivity contribution in [2.45, 2.75) is 38.4 Å². The number of pyridine rings is 1. The number of H-pyrrole nitrogens is 1. The Labute approximate surface area is 147 Å². The second kappa shape index (κ2) is 7.49. The van der Waals surface area contributed by atoms with Crippen LogP contribution in [0.2, 0.25) is 0 Å². The van der Waals surface area contributed by atoms with Crippen LogP contribution in [0.25, 0.3) is 0 Å². The molecule has 1 atom stereocenters. The minimum Gasteiger partial charge on any atom is -0.366 e. The van der Waals surface area contributed by atoms with Crippen molar-refractivity contribution in [3.63, 3.8) is 0 Å². The third-order valence-corrected chi connectivity index (χ3v) is 4.75. The number of benzene rings is 1. The van der Waals surface area contributed by atoms with Crippen molar-refractivity contribution in [2.24, 2.45) is 0 Å². The summed E-state index contributed by atoms with van der Waals surface area (Å²) in [6, 6.07) is 15.3. The summed E-state index contributed by atoms with van der Waals surface area (Å²) in [4.78, 5) is 4.60. The number of nitrogens with zero attached hydrogens (tertiary/aromatic N) is 2. The standard InChI is InChI=1S/C20H23N5/c1-3-17-4-2-11-21-20(17)18(5-1)22-13-15-6-8-16(9-7-15)14-23-19-10-12-24-25-19/h2,4,6-12,18,22H,1,3,5,13-14H2,(H2,23,24,25). The van der Waals surface area contributed by atoms with Crippen molar-refractivity contribution in [1.29, 1.82) is 0 Å². The second-order valence-corrected chi connectivity index (χ2v) is 6.51. The van der Waals surface area contributed by atoms with Gasteiger partial charge in [-0.1, -0.05) is 30.3 Å². The van der Waals surface area contributed by atoms with Gasteiger partial charge in [-0.2, -0.15) is 5.10 Å². The number of aryl methyl sites for hydroxylation is 1. The zero-order chi connectivity index (χ0) is 16.9. The Kier molecular flexibility index (Phi) is 4.74. The fraction of sp³-hybridized carbons (Fsp3) is 0.300. The Balaban J connectivity index is 1.33. The summed E-state index contributed by atoms with van der Waals surface area (Å²) < 4.78 is 0. The summed E-state index contributed by atoms with van der Waals surface area (Å²) in [5.41, 5.74) is 5.18. The van der Waals surface area contributed by atoms with Crippen molar-refractivity contribution in [3.8, 4) is 0 Å². The first-order chi connectivity index (χ1) is 12.4. The predicted molar refractivity (Wildman–Crippen MR) is 99.1 cm³/mol. The molecule has 128 valence electrons. The molecule has 1 aromatic carbocycles. The molecule has 5 heteroatoms. The highest BCUT2D eigenvalue weighted by Crippen LogP contribution is 2.27. The van der Waals surface area contributed by atoms with Gasteiger partial charge in [-0.25, -0.2) is 0 Å². The highest BCUT2D eigenvalue weighted by molar-refractivity contribution is 5.34. The molecule has 4 rings (SSSR count). The highest BCUT2D eigenvalue weighted by Gasteiger charge is 2.20. The molecule has 3 N–H and O–H groups in total. The van der Waals surface area contributed by atoms with Crippen LogP contribution in [-0.4, -0.2) is 15.2 Å². The largest absolute Gasteiger partial charge is 0.366 e. The van der Waals surface area contributed by atoms with Gasteiger partial charge in [0.1, 0.15) is 5.82 Å². The van der Waals surface area contributed by atoms with Crippen LogP contribution in [0, 0.1) is 0 Å². The minimum absolute atomic E-state index is 0.367.